The molecule has 1 aromatic carbocycles. The van der Waals surface area contributed by atoms with Crippen LogP contribution in [0.25, 0.3) is 11.0 Å². The van der Waals surface area contributed by atoms with Crippen molar-refractivity contribution in [2.45, 2.75) is 32.2 Å². The number of amides is 2. The molecule has 2 aromatic rings. The van der Waals surface area contributed by atoms with Crippen LogP contribution >= 0.6 is 0 Å². The number of carbonyl (C=O) groups is 2. The number of H-pyrrole nitrogens is 1. The van der Waals surface area contributed by atoms with E-state index in [0.717, 1.165) is 38.0 Å². The molecule has 0 bridgehead atoms. The van der Waals surface area contributed by atoms with E-state index in [4.69, 9.17) is 0 Å². The van der Waals surface area contributed by atoms with Crippen LogP contribution in [0.3, 0.4) is 0 Å². The summed E-state index contributed by atoms with van der Waals surface area (Å²) in [7, 11) is 1.64. The van der Waals surface area contributed by atoms with E-state index in [1.165, 1.54) is 17.7 Å². The third-order valence-corrected chi connectivity index (χ3v) is 5.34. The van der Waals surface area contributed by atoms with Crippen molar-refractivity contribution in [3.63, 3.8) is 0 Å². The normalized spacial score (nSPS) is 17.0. The molecule has 0 radical (unpaired) electrons. The van der Waals surface area contributed by atoms with Crippen molar-refractivity contribution < 1.29 is 9.59 Å². The monoisotopic (exact) mass is 356 g/mol. The lowest BCUT2D eigenvalue weighted by atomic mass is 10.1. The number of carbonyl (C=O) groups excluding carboxylic acids is 2. The number of aromatic nitrogens is 2. The van der Waals surface area contributed by atoms with E-state index in [1.54, 1.807) is 23.7 Å². The number of nitrogens with zero attached hydrogens (tertiary/aromatic N) is 3. The molecule has 0 atom stereocenters. The van der Waals surface area contributed by atoms with E-state index in [9.17, 15) is 14.4 Å². The Morgan fingerprint density at radius 1 is 1.23 bits per heavy atom. The van der Waals surface area contributed by atoms with Crippen LogP contribution in [0.15, 0.2) is 23.0 Å². The van der Waals surface area contributed by atoms with Crippen LogP contribution in [0.5, 0.6) is 0 Å². The molecule has 7 nitrogen and oxygen atoms in total. The number of fused-ring (bicyclic) bond motifs is 1. The van der Waals surface area contributed by atoms with Gasteiger partial charge in [0.2, 0.25) is 5.91 Å². The van der Waals surface area contributed by atoms with Crippen molar-refractivity contribution in [3.8, 4) is 0 Å². The molecule has 2 aliphatic rings. The fraction of sp³-hybridized carbons (Fsp3) is 0.526. The zero-order chi connectivity index (χ0) is 18.3. The molecule has 7 heteroatoms. The van der Waals surface area contributed by atoms with E-state index in [1.807, 2.05) is 11.0 Å². The maximum absolute atomic E-state index is 12.7. The summed E-state index contributed by atoms with van der Waals surface area (Å²) >= 11 is 0. The first-order valence-electron chi connectivity index (χ1n) is 9.29. The smallest absolute Gasteiger partial charge is 0.326 e. The molecule has 4 rings (SSSR count). The highest BCUT2D eigenvalue weighted by atomic mass is 16.2. The molecule has 1 aliphatic heterocycles. The Labute approximate surface area is 151 Å². The van der Waals surface area contributed by atoms with Gasteiger partial charge in [-0.15, -0.1) is 0 Å². The number of hydrogen-bond acceptors (Lipinski definition) is 3. The van der Waals surface area contributed by atoms with E-state index >= 15 is 0 Å². The van der Waals surface area contributed by atoms with Crippen LogP contribution in [0.2, 0.25) is 0 Å². The Kier molecular flexibility index (Phi) is 4.30. The van der Waals surface area contributed by atoms with Crippen LogP contribution in [0.4, 0.5) is 0 Å². The lowest BCUT2D eigenvalue weighted by molar-refractivity contribution is -0.130. The third-order valence-electron chi connectivity index (χ3n) is 5.34. The first-order chi connectivity index (χ1) is 12.5. The highest BCUT2D eigenvalue weighted by molar-refractivity contribution is 5.98. The second kappa shape index (κ2) is 6.63. The molecule has 26 heavy (non-hydrogen) atoms. The largest absolute Gasteiger partial charge is 0.341 e. The standard InChI is InChI=1S/C19H24N4O3/c1-21(12-17(24)22-8-2-3-9-22)18(25)14-6-7-16-15(10-14)20-19(26)23(16)11-13-4-5-13/h6-7,10,13H,2-5,8-9,11-12H2,1H3,(H,20,26). The summed E-state index contributed by atoms with van der Waals surface area (Å²) < 4.78 is 1.75. The van der Waals surface area contributed by atoms with E-state index in [2.05, 4.69) is 4.98 Å². The van der Waals surface area contributed by atoms with Gasteiger partial charge in [0.1, 0.15) is 0 Å². The van der Waals surface area contributed by atoms with Crippen LogP contribution in [0, 0.1) is 5.92 Å². The van der Waals surface area contributed by atoms with Gasteiger partial charge >= 0.3 is 5.69 Å². The van der Waals surface area contributed by atoms with Gasteiger partial charge in [0, 0.05) is 32.2 Å². The first-order valence-corrected chi connectivity index (χ1v) is 9.29. The summed E-state index contributed by atoms with van der Waals surface area (Å²) in [6.45, 7) is 2.37. The second-order valence-electron chi connectivity index (χ2n) is 7.47. The maximum atomic E-state index is 12.7. The fourth-order valence-corrected chi connectivity index (χ4v) is 3.60. The van der Waals surface area contributed by atoms with Gasteiger partial charge in [0.25, 0.3) is 5.91 Å². The van der Waals surface area contributed by atoms with Gasteiger partial charge in [-0.2, -0.15) is 0 Å². The number of imidazole rings is 1. The van der Waals surface area contributed by atoms with Crippen molar-refractivity contribution >= 4 is 22.8 Å². The van der Waals surface area contributed by atoms with Gasteiger partial charge in [-0.25, -0.2) is 4.79 Å². The van der Waals surface area contributed by atoms with Crippen molar-refractivity contribution in [2.75, 3.05) is 26.7 Å². The molecule has 1 saturated carbocycles. The molecule has 2 amide bonds. The predicted molar refractivity (Wildman–Crippen MR) is 98.1 cm³/mol. The number of benzene rings is 1. The van der Waals surface area contributed by atoms with Crippen LogP contribution in [0.1, 0.15) is 36.0 Å². The molecule has 1 saturated heterocycles. The van der Waals surface area contributed by atoms with Crippen molar-refractivity contribution in [3.05, 3.63) is 34.2 Å². The van der Waals surface area contributed by atoms with E-state index in [0.29, 0.717) is 17.0 Å². The van der Waals surface area contributed by atoms with Crippen LogP contribution < -0.4 is 5.69 Å². The molecular formula is C19H24N4O3. The molecular weight excluding hydrogens is 332 g/mol. The average molecular weight is 356 g/mol. The molecule has 1 aliphatic carbocycles. The molecule has 2 fully saturated rings. The van der Waals surface area contributed by atoms with Crippen molar-refractivity contribution in [1.82, 2.24) is 19.4 Å². The lowest BCUT2D eigenvalue weighted by Gasteiger charge is -2.21. The highest BCUT2D eigenvalue weighted by Gasteiger charge is 2.24. The summed E-state index contributed by atoms with van der Waals surface area (Å²) in [5.41, 5.74) is 1.85. The predicted octanol–water partition coefficient (Wildman–Crippen LogP) is 1.43. The van der Waals surface area contributed by atoms with Gasteiger partial charge in [-0.1, -0.05) is 0 Å². The molecule has 0 spiro atoms. The van der Waals surface area contributed by atoms with Gasteiger partial charge in [0.15, 0.2) is 0 Å². The Bertz CT molecular complexity index is 903. The lowest BCUT2D eigenvalue weighted by Crippen LogP contribution is -2.39. The number of nitrogens with one attached hydrogen (secondary N) is 1. The minimum Gasteiger partial charge on any atom is -0.341 e. The summed E-state index contributed by atoms with van der Waals surface area (Å²) in [6.07, 6.45) is 4.41. The highest BCUT2D eigenvalue weighted by Crippen LogP contribution is 2.31. The summed E-state index contributed by atoms with van der Waals surface area (Å²) in [6, 6.07) is 5.26. The Morgan fingerprint density at radius 3 is 2.65 bits per heavy atom. The SMILES string of the molecule is CN(CC(=O)N1CCCC1)C(=O)c1ccc2c(c1)[nH]c(=O)n2CC1CC1. The molecule has 1 aromatic heterocycles. The van der Waals surface area contributed by atoms with Gasteiger partial charge < -0.3 is 14.8 Å². The summed E-state index contributed by atoms with van der Waals surface area (Å²) in [4.78, 5) is 43.2. The number of aromatic amines is 1. The number of hydrogen-bond donors (Lipinski definition) is 1. The average Bonchev–Trinajstić information content (AvgIpc) is 3.16. The number of likely N-dealkylation sites (N-methyl/N-ethyl adjacent to an activating group) is 1. The zero-order valence-corrected chi connectivity index (χ0v) is 15.0. The summed E-state index contributed by atoms with van der Waals surface area (Å²) in [5, 5.41) is 0. The van der Waals surface area contributed by atoms with Crippen molar-refractivity contribution in [2.24, 2.45) is 5.92 Å². The zero-order valence-electron chi connectivity index (χ0n) is 15.0. The minimum atomic E-state index is -0.213. The summed E-state index contributed by atoms with van der Waals surface area (Å²) in [5.74, 6) is 0.370. The Balaban J connectivity index is 1.50. The maximum Gasteiger partial charge on any atom is 0.326 e. The van der Waals surface area contributed by atoms with E-state index in [-0.39, 0.29) is 24.0 Å². The van der Waals surface area contributed by atoms with Gasteiger partial charge in [-0.05, 0) is 49.8 Å². The number of rotatable bonds is 5. The molecule has 138 valence electrons. The van der Waals surface area contributed by atoms with Crippen LogP contribution in [-0.4, -0.2) is 57.8 Å². The fourth-order valence-electron chi connectivity index (χ4n) is 3.60. The Hall–Kier alpha value is -2.57. The van der Waals surface area contributed by atoms with Gasteiger partial charge in [-0.3, -0.25) is 14.2 Å². The first kappa shape index (κ1) is 16.9. The van der Waals surface area contributed by atoms with Gasteiger partial charge in [0.05, 0.1) is 17.6 Å². The quantitative estimate of drug-likeness (QED) is 0.880. The number of likely N-dealkylation sites (tertiary alicyclic amines) is 1. The molecule has 0 unspecified atom stereocenters. The minimum absolute atomic E-state index is 0.0107. The Morgan fingerprint density at radius 2 is 1.96 bits per heavy atom. The third kappa shape index (κ3) is 3.25. The molecule has 2 heterocycles. The second-order valence-corrected chi connectivity index (χ2v) is 7.47. The van der Waals surface area contributed by atoms with Crippen molar-refractivity contribution in [1.29, 1.82) is 0 Å². The van der Waals surface area contributed by atoms with Crippen LogP contribution in [-0.2, 0) is 11.3 Å². The van der Waals surface area contributed by atoms with E-state index < -0.39 is 0 Å². The molecule has 1 N–H and O–H groups in total. The topological polar surface area (TPSA) is 78.4 Å².